The van der Waals surface area contributed by atoms with Crippen molar-refractivity contribution in [1.29, 1.82) is 0 Å². The number of ether oxygens (including phenoxy) is 1. The van der Waals surface area contributed by atoms with Gasteiger partial charge < -0.3 is 14.7 Å². The quantitative estimate of drug-likeness (QED) is 0.231. The predicted molar refractivity (Wildman–Crippen MR) is 159 cm³/mol. The molecule has 40 heavy (non-hydrogen) atoms. The highest BCUT2D eigenvalue weighted by Crippen LogP contribution is 2.44. The van der Waals surface area contributed by atoms with Crippen LogP contribution >= 0.6 is 11.3 Å². The van der Waals surface area contributed by atoms with Gasteiger partial charge in [-0.2, -0.15) is 0 Å². The summed E-state index contributed by atoms with van der Waals surface area (Å²) in [5.41, 5.74) is 3.76. The van der Waals surface area contributed by atoms with Gasteiger partial charge in [-0.15, -0.1) is 11.3 Å². The molecule has 1 aromatic heterocycles. The van der Waals surface area contributed by atoms with Gasteiger partial charge in [0, 0.05) is 36.1 Å². The van der Waals surface area contributed by atoms with Gasteiger partial charge >= 0.3 is 0 Å². The summed E-state index contributed by atoms with van der Waals surface area (Å²) in [6.07, 6.45) is 0. The molecular weight excluding hydrogens is 522 g/mol. The lowest BCUT2D eigenvalue weighted by atomic mass is 9.94. The molecule has 8 heteroatoms. The zero-order chi connectivity index (χ0) is 28.4. The lowest BCUT2D eigenvalue weighted by Crippen LogP contribution is -2.31. The van der Waals surface area contributed by atoms with Crippen molar-refractivity contribution in [2.75, 3.05) is 30.0 Å². The van der Waals surface area contributed by atoms with E-state index in [0.717, 1.165) is 24.3 Å². The Balaban J connectivity index is 1.62. The highest BCUT2D eigenvalue weighted by Gasteiger charge is 2.45. The van der Waals surface area contributed by atoms with Crippen molar-refractivity contribution in [3.8, 4) is 16.3 Å². The first-order chi connectivity index (χ1) is 19.4. The average Bonchev–Trinajstić information content (AvgIpc) is 3.51. The number of aryl methyl sites for hydroxylation is 1. The normalized spacial score (nSPS) is 15.1. The average molecular weight is 554 g/mol. The van der Waals surface area contributed by atoms with Gasteiger partial charge in [-0.25, -0.2) is 4.98 Å². The number of methoxy groups -OCH3 is 1. The van der Waals surface area contributed by atoms with E-state index in [4.69, 9.17) is 4.74 Å². The number of anilines is 2. The first kappa shape index (κ1) is 27.1. The number of hydrogen-bond donors (Lipinski definition) is 1. The maximum atomic E-state index is 14.2. The van der Waals surface area contributed by atoms with Crippen LogP contribution in [0.4, 0.5) is 11.4 Å². The summed E-state index contributed by atoms with van der Waals surface area (Å²) in [7, 11) is 1.55. The van der Waals surface area contributed by atoms with Crippen molar-refractivity contribution in [2.45, 2.75) is 26.8 Å². The zero-order valence-electron chi connectivity index (χ0n) is 22.9. The van der Waals surface area contributed by atoms with Gasteiger partial charge in [0.25, 0.3) is 5.91 Å². The Kier molecular flexibility index (Phi) is 7.71. The van der Waals surface area contributed by atoms with Crippen molar-refractivity contribution in [1.82, 2.24) is 4.98 Å². The van der Waals surface area contributed by atoms with E-state index in [0.29, 0.717) is 32.6 Å². The Hall–Kier alpha value is -4.43. The van der Waals surface area contributed by atoms with E-state index in [9.17, 15) is 14.7 Å². The summed E-state index contributed by atoms with van der Waals surface area (Å²) < 4.78 is 5.40. The number of benzene rings is 3. The van der Waals surface area contributed by atoms with E-state index >= 15 is 0 Å². The first-order valence-corrected chi connectivity index (χ1v) is 14.0. The van der Waals surface area contributed by atoms with Crippen molar-refractivity contribution in [2.24, 2.45) is 0 Å². The molecule has 3 aromatic carbocycles. The second-order valence-corrected chi connectivity index (χ2v) is 10.4. The number of nitrogens with zero attached hydrogens (tertiary/aromatic N) is 3. The van der Waals surface area contributed by atoms with Crippen LogP contribution in [0.2, 0.25) is 0 Å². The summed E-state index contributed by atoms with van der Waals surface area (Å²) in [5.74, 6) is -1.04. The Bertz CT molecular complexity index is 1570. The van der Waals surface area contributed by atoms with Crippen molar-refractivity contribution in [3.63, 3.8) is 0 Å². The highest BCUT2D eigenvalue weighted by atomic mass is 32.1. The molecule has 1 N–H and O–H groups in total. The van der Waals surface area contributed by atoms with Crippen LogP contribution in [0.3, 0.4) is 0 Å². The molecule has 5 rings (SSSR count). The molecule has 7 nitrogen and oxygen atoms in total. The SMILES string of the molecule is CCN(CC)c1ccc(C2C(C(=O)c3sc(-c4ccccc4)nc3C)=C(O)C(=O)N2c2cccc(OC)c2)cc1. The van der Waals surface area contributed by atoms with E-state index in [1.165, 1.54) is 16.2 Å². The molecule has 1 amide bonds. The Labute approximate surface area is 238 Å². The van der Waals surface area contributed by atoms with Crippen molar-refractivity contribution in [3.05, 3.63) is 106 Å². The van der Waals surface area contributed by atoms with Gasteiger partial charge in [0.05, 0.1) is 29.3 Å². The lowest BCUT2D eigenvalue weighted by Gasteiger charge is -2.28. The number of amides is 1. The Morgan fingerprint density at radius 3 is 2.38 bits per heavy atom. The minimum absolute atomic E-state index is 0.0368. The molecule has 204 valence electrons. The van der Waals surface area contributed by atoms with Gasteiger partial charge in [-0.1, -0.05) is 48.5 Å². The van der Waals surface area contributed by atoms with E-state index in [1.807, 2.05) is 54.6 Å². The van der Waals surface area contributed by atoms with Crippen LogP contribution in [0.5, 0.6) is 5.75 Å². The molecule has 1 aliphatic rings. The van der Waals surface area contributed by atoms with Crippen LogP contribution in [-0.2, 0) is 4.79 Å². The summed E-state index contributed by atoms with van der Waals surface area (Å²) in [6, 6.07) is 23.7. The smallest absolute Gasteiger partial charge is 0.294 e. The standard InChI is InChI=1S/C32H31N3O4S/c1-5-34(6-2)23-17-15-21(16-18-23)27-26(29(37)32(38)35(27)24-13-10-14-25(19-24)39-4)28(36)30-20(3)33-31(40-30)22-11-8-7-9-12-22/h7-19,27,37H,5-6H2,1-4H3. The fourth-order valence-corrected chi connectivity index (χ4v) is 6.09. The molecular formula is C32H31N3O4S. The molecule has 4 aromatic rings. The zero-order valence-corrected chi connectivity index (χ0v) is 23.7. The Morgan fingerprint density at radius 1 is 1.02 bits per heavy atom. The topological polar surface area (TPSA) is 83.0 Å². The molecule has 0 fully saturated rings. The van der Waals surface area contributed by atoms with E-state index in [-0.39, 0.29) is 5.57 Å². The number of hydrogen-bond acceptors (Lipinski definition) is 7. The number of carbonyl (C=O) groups is 2. The number of rotatable bonds is 9. The molecule has 1 aliphatic heterocycles. The number of Topliss-reactive ketones (excluding diaryl/α,β-unsaturated/α-hetero) is 1. The summed E-state index contributed by atoms with van der Waals surface area (Å²) in [4.78, 5) is 36.5. The second-order valence-electron chi connectivity index (χ2n) is 9.43. The number of aromatic nitrogens is 1. The third-order valence-corrected chi connectivity index (χ3v) is 8.35. The predicted octanol–water partition coefficient (Wildman–Crippen LogP) is 6.76. The fraction of sp³-hybridized carbons (Fsp3) is 0.219. The second kappa shape index (κ2) is 11.4. The van der Waals surface area contributed by atoms with Crippen LogP contribution in [0, 0.1) is 6.92 Å². The van der Waals surface area contributed by atoms with Gasteiger partial charge in [0.15, 0.2) is 5.76 Å². The lowest BCUT2D eigenvalue weighted by molar-refractivity contribution is -0.117. The number of carbonyl (C=O) groups excluding carboxylic acids is 2. The van der Waals surface area contributed by atoms with Gasteiger partial charge in [-0.3, -0.25) is 14.5 Å². The van der Waals surface area contributed by atoms with E-state index in [1.54, 1.807) is 38.3 Å². The van der Waals surface area contributed by atoms with Gasteiger partial charge in [-0.05, 0) is 50.6 Å². The Morgan fingerprint density at radius 2 is 1.73 bits per heavy atom. The van der Waals surface area contributed by atoms with Crippen LogP contribution < -0.4 is 14.5 Å². The molecule has 0 radical (unpaired) electrons. The maximum Gasteiger partial charge on any atom is 0.294 e. The van der Waals surface area contributed by atoms with Gasteiger partial charge in [0.2, 0.25) is 5.78 Å². The van der Waals surface area contributed by atoms with Crippen LogP contribution in [0.15, 0.2) is 90.2 Å². The molecule has 1 unspecified atom stereocenters. The van der Waals surface area contributed by atoms with Crippen molar-refractivity contribution >= 4 is 34.4 Å². The maximum absolute atomic E-state index is 14.2. The molecule has 0 saturated heterocycles. The molecule has 0 bridgehead atoms. The van der Waals surface area contributed by atoms with Crippen LogP contribution in [-0.4, -0.2) is 42.0 Å². The summed E-state index contributed by atoms with van der Waals surface area (Å²) >= 11 is 1.26. The van der Waals surface area contributed by atoms with E-state index < -0.39 is 23.5 Å². The van der Waals surface area contributed by atoms with E-state index in [2.05, 4.69) is 23.7 Å². The van der Waals surface area contributed by atoms with Gasteiger partial charge in [0.1, 0.15) is 10.8 Å². The third kappa shape index (κ3) is 4.86. The van der Waals surface area contributed by atoms with Crippen LogP contribution in [0.1, 0.15) is 40.8 Å². The number of thiazole rings is 1. The molecule has 0 spiro atoms. The highest BCUT2D eigenvalue weighted by molar-refractivity contribution is 7.17. The summed E-state index contributed by atoms with van der Waals surface area (Å²) in [5, 5.41) is 11.9. The fourth-order valence-electron chi connectivity index (χ4n) is 5.07. The summed E-state index contributed by atoms with van der Waals surface area (Å²) in [6.45, 7) is 7.67. The molecule has 0 aliphatic carbocycles. The number of aliphatic hydroxyl groups is 1. The largest absolute Gasteiger partial charge is 0.503 e. The number of ketones is 1. The number of aliphatic hydroxyl groups excluding tert-OH is 1. The minimum atomic E-state index is -0.834. The van der Waals surface area contributed by atoms with Crippen molar-refractivity contribution < 1.29 is 19.4 Å². The third-order valence-electron chi connectivity index (χ3n) is 7.15. The van der Waals surface area contributed by atoms with Crippen LogP contribution in [0.25, 0.3) is 10.6 Å². The molecule has 0 saturated carbocycles. The first-order valence-electron chi connectivity index (χ1n) is 13.2. The monoisotopic (exact) mass is 553 g/mol. The minimum Gasteiger partial charge on any atom is -0.503 e. The molecule has 1 atom stereocenters. The molecule has 2 heterocycles.